The number of ether oxygens (including phenoxy) is 1. The van der Waals surface area contributed by atoms with Crippen molar-refractivity contribution in [2.24, 2.45) is 5.92 Å². The molecular formula is C18H25N3O3S. The molecule has 0 radical (unpaired) electrons. The molecule has 1 fully saturated rings. The molecule has 6 nitrogen and oxygen atoms in total. The maximum absolute atomic E-state index is 12.2. The molecule has 2 rings (SSSR count). The van der Waals surface area contributed by atoms with E-state index in [2.05, 4.69) is 16.2 Å². The lowest BCUT2D eigenvalue weighted by molar-refractivity contribution is -0.126. The van der Waals surface area contributed by atoms with Gasteiger partial charge in [-0.25, -0.2) is 0 Å². The Labute approximate surface area is 153 Å². The van der Waals surface area contributed by atoms with Crippen LogP contribution in [0.25, 0.3) is 0 Å². The zero-order chi connectivity index (χ0) is 18.2. The minimum absolute atomic E-state index is 0.0182. The van der Waals surface area contributed by atoms with Crippen molar-refractivity contribution in [2.75, 3.05) is 0 Å². The number of carbonyl (C=O) groups is 2. The van der Waals surface area contributed by atoms with E-state index in [0.29, 0.717) is 11.3 Å². The molecule has 1 saturated carbocycles. The summed E-state index contributed by atoms with van der Waals surface area (Å²) in [6, 6.07) is 6.86. The standard InChI is InChI=1S/C18H25N3O3S/c1-12(2)24-15-10-6-9-14(11-15)16(22)19-18(25)21-20-17(23)13-7-4-3-5-8-13/h6,9-13H,3-5,7-8H2,1-2H3,(H,20,23)(H2,19,21,22,25). The van der Waals surface area contributed by atoms with E-state index in [1.54, 1.807) is 24.3 Å². The summed E-state index contributed by atoms with van der Waals surface area (Å²) in [7, 11) is 0. The van der Waals surface area contributed by atoms with Gasteiger partial charge in [0.25, 0.3) is 5.91 Å². The highest BCUT2D eigenvalue weighted by Gasteiger charge is 2.21. The SMILES string of the molecule is CC(C)Oc1cccc(C(=O)NC(=S)NNC(=O)C2CCCCC2)c1. The van der Waals surface area contributed by atoms with E-state index < -0.39 is 0 Å². The van der Waals surface area contributed by atoms with E-state index in [0.717, 1.165) is 25.7 Å². The number of nitrogens with one attached hydrogen (secondary N) is 3. The second kappa shape index (κ2) is 9.36. The number of thiocarbonyl (C=S) groups is 1. The van der Waals surface area contributed by atoms with Gasteiger partial charge in [-0.1, -0.05) is 25.3 Å². The van der Waals surface area contributed by atoms with Crippen LogP contribution < -0.4 is 20.9 Å². The topological polar surface area (TPSA) is 79.5 Å². The Bertz CT molecular complexity index is 628. The summed E-state index contributed by atoms with van der Waals surface area (Å²) in [4.78, 5) is 24.3. The number of hydrazine groups is 1. The first-order valence-electron chi connectivity index (χ1n) is 8.63. The highest BCUT2D eigenvalue weighted by molar-refractivity contribution is 7.80. The maximum Gasteiger partial charge on any atom is 0.257 e. The van der Waals surface area contributed by atoms with Crippen molar-refractivity contribution < 1.29 is 14.3 Å². The monoisotopic (exact) mass is 363 g/mol. The van der Waals surface area contributed by atoms with E-state index in [4.69, 9.17) is 17.0 Å². The highest BCUT2D eigenvalue weighted by Crippen LogP contribution is 2.23. The van der Waals surface area contributed by atoms with E-state index in [1.165, 1.54) is 6.42 Å². The quantitative estimate of drug-likeness (QED) is 0.566. The summed E-state index contributed by atoms with van der Waals surface area (Å²) in [5.74, 6) is 0.194. The molecule has 2 amide bonds. The van der Waals surface area contributed by atoms with E-state index in [1.807, 2.05) is 13.8 Å². The van der Waals surface area contributed by atoms with Gasteiger partial charge in [0.15, 0.2) is 5.11 Å². The number of rotatable bonds is 4. The molecule has 0 bridgehead atoms. The van der Waals surface area contributed by atoms with E-state index in [9.17, 15) is 9.59 Å². The third-order valence-electron chi connectivity index (χ3n) is 3.97. The zero-order valence-corrected chi connectivity index (χ0v) is 15.4. The van der Waals surface area contributed by atoms with Crippen molar-refractivity contribution in [3.8, 4) is 5.75 Å². The Morgan fingerprint density at radius 1 is 1.16 bits per heavy atom. The van der Waals surface area contributed by atoms with Crippen LogP contribution in [-0.2, 0) is 4.79 Å². The summed E-state index contributed by atoms with van der Waals surface area (Å²) < 4.78 is 5.57. The molecule has 0 heterocycles. The number of carbonyl (C=O) groups excluding carboxylic acids is 2. The van der Waals surface area contributed by atoms with Gasteiger partial charge in [0.05, 0.1) is 6.10 Å². The first kappa shape index (κ1) is 19.2. The fourth-order valence-electron chi connectivity index (χ4n) is 2.77. The number of benzene rings is 1. The molecule has 0 aromatic heterocycles. The molecule has 1 aliphatic carbocycles. The van der Waals surface area contributed by atoms with Crippen LogP contribution in [0.5, 0.6) is 5.75 Å². The third kappa shape index (κ3) is 6.34. The zero-order valence-electron chi connectivity index (χ0n) is 14.6. The van der Waals surface area contributed by atoms with Crippen molar-refractivity contribution in [1.82, 2.24) is 16.2 Å². The first-order chi connectivity index (χ1) is 12.0. The minimum Gasteiger partial charge on any atom is -0.491 e. The Kier molecular flexibility index (Phi) is 7.18. The molecular weight excluding hydrogens is 338 g/mol. The van der Waals surface area contributed by atoms with Crippen LogP contribution in [0.2, 0.25) is 0 Å². The van der Waals surface area contributed by atoms with Crippen LogP contribution in [0.4, 0.5) is 0 Å². The van der Waals surface area contributed by atoms with Crippen molar-refractivity contribution in [2.45, 2.75) is 52.1 Å². The van der Waals surface area contributed by atoms with Crippen LogP contribution in [-0.4, -0.2) is 23.0 Å². The molecule has 25 heavy (non-hydrogen) atoms. The van der Waals surface area contributed by atoms with Crippen LogP contribution >= 0.6 is 12.2 Å². The fraction of sp³-hybridized carbons (Fsp3) is 0.500. The van der Waals surface area contributed by atoms with Crippen molar-refractivity contribution in [1.29, 1.82) is 0 Å². The largest absolute Gasteiger partial charge is 0.491 e. The molecule has 136 valence electrons. The van der Waals surface area contributed by atoms with Gasteiger partial charge in [-0.2, -0.15) is 0 Å². The Hall–Kier alpha value is -2.15. The van der Waals surface area contributed by atoms with Crippen LogP contribution in [0.15, 0.2) is 24.3 Å². The van der Waals surface area contributed by atoms with Gasteiger partial charge in [0, 0.05) is 11.5 Å². The predicted octanol–water partition coefficient (Wildman–Crippen LogP) is 2.69. The lowest BCUT2D eigenvalue weighted by atomic mass is 9.89. The Morgan fingerprint density at radius 3 is 2.56 bits per heavy atom. The van der Waals surface area contributed by atoms with Crippen LogP contribution in [0, 0.1) is 5.92 Å². The van der Waals surface area contributed by atoms with Crippen LogP contribution in [0.3, 0.4) is 0 Å². The number of hydrogen-bond donors (Lipinski definition) is 3. The van der Waals surface area contributed by atoms with E-state index in [-0.39, 0.29) is 28.9 Å². The molecule has 0 spiro atoms. The Morgan fingerprint density at radius 2 is 1.88 bits per heavy atom. The predicted molar refractivity (Wildman–Crippen MR) is 100 cm³/mol. The van der Waals surface area contributed by atoms with Crippen molar-refractivity contribution in [3.05, 3.63) is 29.8 Å². The van der Waals surface area contributed by atoms with E-state index >= 15 is 0 Å². The average molecular weight is 363 g/mol. The Balaban J connectivity index is 1.81. The van der Waals surface area contributed by atoms with Gasteiger partial charge in [0.2, 0.25) is 5.91 Å². The fourth-order valence-corrected chi connectivity index (χ4v) is 2.92. The molecule has 3 N–H and O–H groups in total. The molecule has 1 aromatic carbocycles. The second-order valence-electron chi connectivity index (χ2n) is 6.43. The van der Waals surface area contributed by atoms with Gasteiger partial charge >= 0.3 is 0 Å². The summed E-state index contributed by atoms with van der Waals surface area (Å²) in [5.41, 5.74) is 5.60. The molecule has 0 unspecified atom stereocenters. The number of amides is 2. The lowest BCUT2D eigenvalue weighted by Gasteiger charge is -2.21. The molecule has 7 heteroatoms. The third-order valence-corrected chi connectivity index (χ3v) is 4.17. The van der Waals surface area contributed by atoms with Gasteiger partial charge < -0.3 is 4.74 Å². The molecule has 0 saturated heterocycles. The van der Waals surface area contributed by atoms with Gasteiger partial charge in [-0.05, 0) is 57.1 Å². The van der Waals surface area contributed by atoms with Crippen molar-refractivity contribution >= 4 is 29.1 Å². The molecule has 1 aromatic rings. The van der Waals surface area contributed by atoms with Gasteiger partial charge in [-0.15, -0.1) is 0 Å². The van der Waals surface area contributed by atoms with Gasteiger partial charge in [0.1, 0.15) is 5.75 Å². The molecule has 1 aliphatic rings. The minimum atomic E-state index is -0.362. The summed E-state index contributed by atoms with van der Waals surface area (Å²) >= 11 is 5.06. The lowest BCUT2D eigenvalue weighted by Crippen LogP contribution is -2.50. The first-order valence-corrected chi connectivity index (χ1v) is 9.04. The number of hydrogen-bond acceptors (Lipinski definition) is 4. The van der Waals surface area contributed by atoms with Gasteiger partial charge in [-0.3, -0.25) is 25.8 Å². The maximum atomic E-state index is 12.2. The summed E-state index contributed by atoms with van der Waals surface area (Å²) in [6.07, 6.45) is 5.16. The van der Waals surface area contributed by atoms with Crippen molar-refractivity contribution in [3.63, 3.8) is 0 Å². The summed E-state index contributed by atoms with van der Waals surface area (Å²) in [5, 5.41) is 2.61. The van der Waals surface area contributed by atoms with Crippen LogP contribution in [0.1, 0.15) is 56.3 Å². The summed E-state index contributed by atoms with van der Waals surface area (Å²) in [6.45, 7) is 3.83. The molecule has 0 aliphatic heterocycles. The second-order valence-corrected chi connectivity index (χ2v) is 6.84. The smallest absolute Gasteiger partial charge is 0.257 e. The average Bonchev–Trinajstić information content (AvgIpc) is 2.60. The highest BCUT2D eigenvalue weighted by atomic mass is 32.1. The molecule has 0 atom stereocenters. The normalized spacial score (nSPS) is 14.7.